The number of rotatable bonds is 3. The minimum absolute atomic E-state index is 0.375. The molecule has 3 rings (SSSR count). The predicted octanol–water partition coefficient (Wildman–Crippen LogP) is 4.96. The van der Waals surface area contributed by atoms with E-state index in [0.717, 1.165) is 11.3 Å². The van der Waals surface area contributed by atoms with Crippen molar-refractivity contribution in [2.75, 3.05) is 5.32 Å². The molecule has 0 saturated carbocycles. The summed E-state index contributed by atoms with van der Waals surface area (Å²) in [7, 11) is 0. The van der Waals surface area contributed by atoms with Crippen LogP contribution in [0.5, 0.6) is 0 Å². The van der Waals surface area contributed by atoms with E-state index in [-0.39, 0.29) is 0 Å². The Kier molecular flexibility index (Phi) is 4.01. The molecule has 21 heavy (non-hydrogen) atoms. The fraction of sp³-hybridized carbons (Fsp3) is 0.231. The molecule has 110 valence electrons. The summed E-state index contributed by atoms with van der Waals surface area (Å²) < 4.78 is 0. The van der Waals surface area contributed by atoms with Crippen LogP contribution in [0.25, 0.3) is 0 Å². The van der Waals surface area contributed by atoms with Crippen molar-refractivity contribution in [3.63, 3.8) is 0 Å². The summed E-state index contributed by atoms with van der Waals surface area (Å²) >= 11 is 19.4. The van der Waals surface area contributed by atoms with Gasteiger partial charge in [0, 0.05) is 4.88 Å². The molecule has 1 unspecified atom stereocenters. The number of benzene rings is 1. The molecule has 1 atom stereocenters. The van der Waals surface area contributed by atoms with E-state index in [2.05, 4.69) is 10.3 Å². The largest absolute Gasteiger partial charge is 0.481 e. The van der Waals surface area contributed by atoms with Crippen LogP contribution >= 0.6 is 46.1 Å². The predicted molar refractivity (Wildman–Crippen MR) is 85.6 cm³/mol. The van der Waals surface area contributed by atoms with Gasteiger partial charge in [0.2, 0.25) is 0 Å². The molecule has 1 aromatic heterocycles. The van der Waals surface area contributed by atoms with Crippen LogP contribution in [0.2, 0.25) is 15.1 Å². The average Bonchev–Trinajstić information content (AvgIpc) is 2.95. The number of hydrogen-bond acceptors (Lipinski definition) is 4. The first-order chi connectivity index (χ1) is 9.95. The minimum Gasteiger partial charge on any atom is -0.481 e. The number of carboxylic acids is 1. The molecule has 0 aliphatic heterocycles. The Balaban J connectivity index is 1.89. The first-order valence-electron chi connectivity index (χ1n) is 6.09. The highest BCUT2D eigenvalue weighted by Gasteiger charge is 2.32. The Morgan fingerprint density at radius 1 is 1.29 bits per heavy atom. The van der Waals surface area contributed by atoms with E-state index >= 15 is 0 Å². The second-order valence-corrected chi connectivity index (χ2v) is 6.93. The van der Waals surface area contributed by atoms with Crippen LogP contribution in [-0.4, -0.2) is 16.1 Å². The van der Waals surface area contributed by atoms with Crippen LogP contribution in [0, 0.1) is 0 Å². The van der Waals surface area contributed by atoms with Gasteiger partial charge in [-0.1, -0.05) is 34.8 Å². The summed E-state index contributed by atoms with van der Waals surface area (Å²) in [5.41, 5.74) is 1.23. The molecule has 0 spiro atoms. The Bertz CT molecular complexity index is 732. The summed E-state index contributed by atoms with van der Waals surface area (Å²) in [4.78, 5) is 16.5. The zero-order valence-corrected chi connectivity index (χ0v) is 13.6. The standard InChI is InChI=1S/C13H9Cl3N2O2S/c14-6-3-8(16)9(4-7(6)15)17-13-18-11-5(12(19)20)1-2-10(11)21-13/h3-5H,1-2H2,(H,17,18)(H,19,20). The van der Waals surface area contributed by atoms with Crippen molar-refractivity contribution in [2.24, 2.45) is 0 Å². The number of carboxylic acid groups (broad SMARTS) is 1. The molecule has 2 N–H and O–H groups in total. The van der Waals surface area contributed by atoms with E-state index < -0.39 is 11.9 Å². The van der Waals surface area contributed by atoms with Crippen LogP contribution in [0.4, 0.5) is 10.8 Å². The summed E-state index contributed by atoms with van der Waals surface area (Å²) in [6.07, 6.45) is 1.35. The van der Waals surface area contributed by atoms with Gasteiger partial charge in [-0.05, 0) is 25.0 Å². The van der Waals surface area contributed by atoms with Crippen molar-refractivity contribution in [1.82, 2.24) is 4.98 Å². The molecule has 2 aromatic rings. The van der Waals surface area contributed by atoms with Gasteiger partial charge < -0.3 is 10.4 Å². The van der Waals surface area contributed by atoms with Crippen LogP contribution in [0.15, 0.2) is 12.1 Å². The zero-order valence-electron chi connectivity index (χ0n) is 10.5. The number of nitrogens with zero attached hydrogens (tertiary/aromatic N) is 1. The maximum Gasteiger partial charge on any atom is 0.312 e. The van der Waals surface area contributed by atoms with E-state index in [0.29, 0.717) is 38.0 Å². The Morgan fingerprint density at radius 2 is 2.00 bits per heavy atom. The second kappa shape index (κ2) is 5.65. The van der Waals surface area contributed by atoms with Crippen molar-refractivity contribution in [3.05, 3.63) is 37.8 Å². The molecule has 0 saturated heterocycles. The molecule has 1 aromatic carbocycles. The van der Waals surface area contributed by atoms with E-state index in [1.807, 2.05) is 0 Å². The average molecular weight is 364 g/mol. The number of thiazole rings is 1. The van der Waals surface area contributed by atoms with Gasteiger partial charge in [0.1, 0.15) is 5.92 Å². The molecular weight excluding hydrogens is 355 g/mol. The zero-order chi connectivity index (χ0) is 15.1. The van der Waals surface area contributed by atoms with Crippen molar-refractivity contribution < 1.29 is 9.90 Å². The summed E-state index contributed by atoms with van der Waals surface area (Å²) in [6, 6.07) is 3.17. The van der Waals surface area contributed by atoms with Crippen molar-refractivity contribution in [3.8, 4) is 0 Å². The Hall–Kier alpha value is -1.01. The summed E-state index contributed by atoms with van der Waals surface area (Å²) in [5.74, 6) is -1.35. The molecule has 4 nitrogen and oxygen atoms in total. The lowest BCUT2D eigenvalue weighted by atomic mass is 10.1. The molecule has 0 fully saturated rings. The van der Waals surface area contributed by atoms with Crippen molar-refractivity contribution >= 4 is 62.9 Å². The number of fused-ring (bicyclic) bond motifs is 1. The third kappa shape index (κ3) is 2.83. The topological polar surface area (TPSA) is 62.2 Å². The molecule has 1 aliphatic carbocycles. The number of carbonyl (C=O) groups is 1. The fourth-order valence-corrected chi connectivity index (χ4v) is 3.90. The van der Waals surface area contributed by atoms with Gasteiger partial charge in [-0.25, -0.2) is 4.98 Å². The van der Waals surface area contributed by atoms with Gasteiger partial charge in [0.15, 0.2) is 5.13 Å². The molecule has 8 heteroatoms. The maximum atomic E-state index is 11.2. The lowest BCUT2D eigenvalue weighted by molar-refractivity contribution is -0.138. The van der Waals surface area contributed by atoms with E-state index in [9.17, 15) is 4.79 Å². The lowest BCUT2D eigenvalue weighted by Crippen LogP contribution is -2.08. The highest BCUT2D eigenvalue weighted by atomic mass is 35.5. The molecule has 0 radical (unpaired) electrons. The number of aromatic nitrogens is 1. The highest BCUT2D eigenvalue weighted by molar-refractivity contribution is 7.15. The number of aryl methyl sites for hydroxylation is 1. The first kappa shape index (κ1) is 14.9. The Labute approximate surface area is 139 Å². The smallest absolute Gasteiger partial charge is 0.312 e. The van der Waals surface area contributed by atoms with Gasteiger partial charge >= 0.3 is 5.97 Å². The van der Waals surface area contributed by atoms with Crippen molar-refractivity contribution in [2.45, 2.75) is 18.8 Å². The van der Waals surface area contributed by atoms with Crippen LogP contribution in [0.3, 0.4) is 0 Å². The monoisotopic (exact) mass is 362 g/mol. The van der Waals surface area contributed by atoms with Crippen molar-refractivity contribution in [1.29, 1.82) is 0 Å². The van der Waals surface area contributed by atoms with Gasteiger partial charge in [-0.3, -0.25) is 4.79 Å². The highest BCUT2D eigenvalue weighted by Crippen LogP contribution is 2.40. The van der Waals surface area contributed by atoms with Gasteiger partial charge in [0.05, 0.1) is 26.4 Å². The summed E-state index contributed by atoms with van der Waals surface area (Å²) in [6.45, 7) is 0. The number of aliphatic carboxylic acids is 1. The van der Waals surface area contributed by atoms with Crippen LogP contribution in [-0.2, 0) is 11.2 Å². The van der Waals surface area contributed by atoms with Crippen LogP contribution in [0.1, 0.15) is 22.9 Å². The van der Waals surface area contributed by atoms with Gasteiger partial charge in [-0.15, -0.1) is 11.3 Å². The lowest BCUT2D eigenvalue weighted by Gasteiger charge is -2.07. The van der Waals surface area contributed by atoms with Gasteiger partial charge in [-0.2, -0.15) is 0 Å². The third-order valence-corrected chi connectivity index (χ3v) is 5.35. The molecule has 1 heterocycles. The molecule has 0 bridgehead atoms. The van der Waals surface area contributed by atoms with E-state index in [1.54, 1.807) is 12.1 Å². The quantitative estimate of drug-likeness (QED) is 0.756. The van der Waals surface area contributed by atoms with Crippen LogP contribution < -0.4 is 5.32 Å². The minimum atomic E-state index is -0.835. The molecular formula is C13H9Cl3N2O2S. The SMILES string of the molecule is O=C(O)C1CCc2sc(Nc3cc(Cl)c(Cl)cc3Cl)nc21. The van der Waals surface area contributed by atoms with Gasteiger partial charge in [0.25, 0.3) is 0 Å². The summed E-state index contributed by atoms with van der Waals surface area (Å²) in [5, 5.41) is 14.0. The third-order valence-electron chi connectivity index (χ3n) is 3.27. The van der Waals surface area contributed by atoms with E-state index in [4.69, 9.17) is 39.9 Å². The number of halogens is 3. The molecule has 0 amide bonds. The maximum absolute atomic E-state index is 11.2. The Morgan fingerprint density at radius 3 is 2.71 bits per heavy atom. The second-order valence-electron chi connectivity index (χ2n) is 4.63. The number of nitrogens with one attached hydrogen (secondary N) is 1. The number of anilines is 2. The van der Waals surface area contributed by atoms with E-state index in [1.165, 1.54) is 11.3 Å². The fourth-order valence-electron chi connectivity index (χ4n) is 2.25. The molecule has 1 aliphatic rings. The first-order valence-corrected chi connectivity index (χ1v) is 8.04. The number of hydrogen-bond donors (Lipinski definition) is 2. The normalized spacial score (nSPS) is 16.8.